The molecule has 0 aliphatic carbocycles. The second kappa shape index (κ2) is 7.79. The Hall–Kier alpha value is -4.11. The van der Waals surface area contributed by atoms with E-state index in [9.17, 15) is 4.79 Å². The summed E-state index contributed by atoms with van der Waals surface area (Å²) in [6, 6.07) is 19.2. The smallest absolute Gasteiger partial charge is 0.357 e. The highest BCUT2D eigenvalue weighted by Crippen LogP contribution is 2.40. The molecule has 0 unspecified atom stereocenters. The Balaban J connectivity index is 1.61. The number of nitrogens with zero attached hydrogens (tertiary/aromatic N) is 3. The van der Waals surface area contributed by atoms with Crippen molar-refractivity contribution in [1.82, 2.24) is 13.3 Å². The molecule has 164 valence electrons. The third-order valence-corrected chi connectivity index (χ3v) is 6.05. The largest absolute Gasteiger partial charge is 0.461 e. The third-order valence-electron chi connectivity index (χ3n) is 5.50. The van der Waals surface area contributed by atoms with Gasteiger partial charge in [-0.1, -0.05) is 24.3 Å². The molecule has 0 atom stereocenters. The molecule has 33 heavy (non-hydrogen) atoms. The summed E-state index contributed by atoms with van der Waals surface area (Å²) < 4.78 is 27.2. The lowest BCUT2D eigenvalue weighted by Crippen LogP contribution is -2.13. The summed E-state index contributed by atoms with van der Waals surface area (Å²) in [6.07, 6.45) is 0. The van der Waals surface area contributed by atoms with E-state index in [1.54, 1.807) is 6.92 Å². The average Bonchev–Trinajstić information content (AvgIpc) is 3.56. The normalized spacial score (nSPS) is 12.4. The molecular weight excluding hydrogens is 440 g/mol. The lowest BCUT2D eigenvalue weighted by atomic mass is 10.2. The number of benzene rings is 3. The highest BCUT2D eigenvalue weighted by molar-refractivity contribution is 7.00. The maximum Gasteiger partial charge on any atom is 0.357 e. The first-order valence-electron chi connectivity index (χ1n) is 10.4. The molecule has 8 nitrogen and oxygen atoms in total. The minimum atomic E-state index is -0.433. The second-order valence-electron chi connectivity index (χ2n) is 7.40. The van der Waals surface area contributed by atoms with Crippen LogP contribution in [0.1, 0.15) is 17.4 Å². The third kappa shape index (κ3) is 3.16. The van der Waals surface area contributed by atoms with Gasteiger partial charge in [-0.2, -0.15) is 8.75 Å². The summed E-state index contributed by atoms with van der Waals surface area (Å²) in [7, 11) is 0. The fourth-order valence-corrected chi connectivity index (χ4v) is 4.64. The molecule has 1 aliphatic rings. The van der Waals surface area contributed by atoms with E-state index in [0.717, 1.165) is 45.0 Å². The zero-order valence-electron chi connectivity index (χ0n) is 17.6. The molecule has 2 aromatic heterocycles. The maximum atomic E-state index is 13.3. The molecule has 6 rings (SSSR count). The van der Waals surface area contributed by atoms with Crippen LogP contribution in [0.2, 0.25) is 0 Å². The lowest BCUT2D eigenvalue weighted by Gasteiger charge is -2.13. The van der Waals surface area contributed by atoms with Crippen molar-refractivity contribution in [3.8, 4) is 17.2 Å². The number of ether oxygens (including phenoxy) is 3. The van der Waals surface area contributed by atoms with Crippen molar-refractivity contribution in [2.75, 3.05) is 18.7 Å². The van der Waals surface area contributed by atoms with Gasteiger partial charge in [0.25, 0.3) is 0 Å². The van der Waals surface area contributed by atoms with Crippen LogP contribution < -0.4 is 14.8 Å². The highest BCUT2D eigenvalue weighted by Gasteiger charge is 2.27. The zero-order chi connectivity index (χ0) is 22.4. The second-order valence-corrected chi connectivity index (χ2v) is 7.93. The van der Waals surface area contributed by atoms with Gasteiger partial charge in [0.15, 0.2) is 17.2 Å². The number of carbonyl (C=O) groups excluding carboxylic acids is 1. The first-order valence-corrected chi connectivity index (χ1v) is 11.2. The summed E-state index contributed by atoms with van der Waals surface area (Å²) >= 11 is 1.15. The Bertz CT molecular complexity index is 1520. The van der Waals surface area contributed by atoms with Crippen LogP contribution in [0, 0.1) is 0 Å². The number of rotatable bonds is 5. The predicted octanol–water partition coefficient (Wildman–Crippen LogP) is 5.28. The molecule has 0 fully saturated rings. The highest BCUT2D eigenvalue weighted by atomic mass is 32.1. The van der Waals surface area contributed by atoms with Gasteiger partial charge < -0.3 is 24.1 Å². The van der Waals surface area contributed by atoms with Crippen molar-refractivity contribution in [2.24, 2.45) is 0 Å². The maximum absolute atomic E-state index is 13.3. The fourth-order valence-electron chi connectivity index (χ4n) is 4.09. The first-order chi connectivity index (χ1) is 16.2. The summed E-state index contributed by atoms with van der Waals surface area (Å²) in [6.45, 7) is 2.22. The summed E-state index contributed by atoms with van der Waals surface area (Å²) in [4.78, 5) is 13.3. The average molecular weight is 458 g/mol. The Morgan fingerprint density at radius 2 is 1.97 bits per heavy atom. The summed E-state index contributed by atoms with van der Waals surface area (Å²) in [5.41, 5.74) is 4.95. The van der Waals surface area contributed by atoms with Crippen LogP contribution in [0.5, 0.6) is 11.5 Å². The molecule has 9 heteroatoms. The molecule has 0 bridgehead atoms. The number of anilines is 2. The van der Waals surface area contributed by atoms with Gasteiger partial charge in [0, 0.05) is 11.5 Å². The number of hydrogen-bond donors (Lipinski definition) is 1. The van der Waals surface area contributed by atoms with Gasteiger partial charge in [-0.25, -0.2) is 4.79 Å². The zero-order valence-corrected chi connectivity index (χ0v) is 18.4. The Morgan fingerprint density at radius 3 is 2.88 bits per heavy atom. The van der Waals surface area contributed by atoms with E-state index in [-0.39, 0.29) is 13.4 Å². The van der Waals surface area contributed by atoms with E-state index in [1.165, 1.54) is 0 Å². The summed E-state index contributed by atoms with van der Waals surface area (Å²) in [5, 5.41) is 4.33. The molecule has 5 aromatic rings. The van der Waals surface area contributed by atoms with Crippen molar-refractivity contribution >= 4 is 51.0 Å². The molecule has 1 N–H and O–H groups in total. The number of para-hydroxylation sites is 1. The number of fused-ring (bicyclic) bond motifs is 3. The predicted molar refractivity (Wildman–Crippen MR) is 126 cm³/mol. The summed E-state index contributed by atoms with van der Waals surface area (Å²) in [5.74, 6) is 0.874. The number of esters is 1. The first kappa shape index (κ1) is 19.6. The van der Waals surface area contributed by atoms with Crippen molar-refractivity contribution in [1.29, 1.82) is 0 Å². The Labute approximate surface area is 192 Å². The van der Waals surface area contributed by atoms with E-state index in [0.29, 0.717) is 22.9 Å². The number of aromatic nitrogens is 3. The van der Waals surface area contributed by atoms with Gasteiger partial charge in [-0.15, -0.1) is 0 Å². The van der Waals surface area contributed by atoms with Crippen molar-refractivity contribution in [2.45, 2.75) is 6.92 Å². The van der Waals surface area contributed by atoms with Gasteiger partial charge in [-0.05, 0) is 37.3 Å². The van der Waals surface area contributed by atoms with Crippen molar-refractivity contribution in [3.05, 3.63) is 66.4 Å². The van der Waals surface area contributed by atoms with Gasteiger partial charge >= 0.3 is 5.97 Å². The molecule has 1 aliphatic heterocycles. The van der Waals surface area contributed by atoms with Gasteiger partial charge in [0.05, 0.1) is 40.9 Å². The van der Waals surface area contributed by atoms with Crippen molar-refractivity contribution in [3.63, 3.8) is 0 Å². The Kier molecular flexibility index (Phi) is 4.62. The van der Waals surface area contributed by atoms with Crippen molar-refractivity contribution < 1.29 is 19.0 Å². The van der Waals surface area contributed by atoms with Crippen LogP contribution in [0.25, 0.3) is 27.6 Å². The monoisotopic (exact) mass is 458 g/mol. The van der Waals surface area contributed by atoms with E-state index >= 15 is 0 Å². The van der Waals surface area contributed by atoms with Gasteiger partial charge in [0.1, 0.15) is 11.0 Å². The standard InChI is InChI=1S/C24H18N4O4S/c1-2-30-24(29)23-21(25-16-7-5-8-17-22(16)27-33-26-17)15-6-3-4-9-18(15)28(23)14-10-11-19-20(12-14)32-13-31-19/h3-12,25H,2,13H2,1H3. The minimum Gasteiger partial charge on any atom is -0.461 e. The van der Waals surface area contributed by atoms with Crippen LogP contribution in [0.15, 0.2) is 60.7 Å². The molecule has 3 aromatic carbocycles. The molecular formula is C24H18N4O4S. The quantitative estimate of drug-likeness (QED) is 0.358. The minimum absolute atomic E-state index is 0.175. The topological polar surface area (TPSA) is 87.5 Å². The van der Waals surface area contributed by atoms with E-state index in [1.807, 2.05) is 65.2 Å². The van der Waals surface area contributed by atoms with Crippen LogP contribution in [-0.2, 0) is 4.74 Å². The van der Waals surface area contributed by atoms with E-state index in [2.05, 4.69) is 14.1 Å². The molecule has 0 radical (unpaired) electrons. The van der Waals surface area contributed by atoms with Crippen LogP contribution in [0.4, 0.5) is 11.4 Å². The van der Waals surface area contributed by atoms with E-state index in [4.69, 9.17) is 14.2 Å². The van der Waals surface area contributed by atoms with Crippen LogP contribution in [0.3, 0.4) is 0 Å². The number of carbonyl (C=O) groups is 1. The molecule has 3 heterocycles. The lowest BCUT2D eigenvalue weighted by molar-refractivity contribution is 0.0518. The molecule has 0 amide bonds. The van der Waals surface area contributed by atoms with Crippen LogP contribution in [-0.4, -0.2) is 32.7 Å². The number of nitrogens with one attached hydrogen (secondary N) is 1. The van der Waals surface area contributed by atoms with Crippen LogP contribution >= 0.6 is 11.7 Å². The van der Waals surface area contributed by atoms with E-state index < -0.39 is 5.97 Å². The Morgan fingerprint density at radius 1 is 1.09 bits per heavy atom. The number of hydrogen-bond acceptors (Lipinski definition) is 8. The fraction of sp³-hybridized carbons (Fsp3) is 0.125. The van der Waals surface area contributed by atoms with Gasteiger partial charge in [0.2, 0.25) is 6.79 Å². The van der Waals surface area contributed by atoms with Gasteiger partial charge in [-0.3, -0.25) is 0 Å². The SMILES string of the molecule is CCOC(=O)c1c(Nc2cccc3nsnc23)c2ccccc2n1-c1ccc2c(c1)OCO2. The molecule has 0 saturated heterocycles. The molecule has 0 saturated carbocycles. The molecule has 0 spiro atoms.